The molecule has 3 rings (SSSR count). The monoisotopic (exact) mass is 552 g/mol. The first-order valence-corrected chi connectivity index (χ1v) is 15.7. The molecule has 0 aliphatic carbocycles. The van der Waals surface area contributed by atoms with Gasteiger partial charge in [-0.15, -0.1) is 0 Å². The van der Waals surface area contributed by atoms with Gasteiger partial charge in [-0.2, -0.15) is 8.61 Å². The van der Waals surface area contributed by atoms with Gasteiger partial charge in [0.15, 0.2) is 0 Å². The van der Waals surface area contributed by atoms with Crippen molar-refractivity contribution < 1.29 is 16.8 Å². The number of hydrogen-bond donors (Lipinski definition) is 0. The largest absolute Gasteiger partial charge is 0.243 e. The van der Waals surface area contributed by atoms with Gasteiger partial charge in [0, 0.05) is 26.2 Å². The first-order chi connectivity index (χ1) is 18.1. The van der Waals surface area contributed by atoms with Crippen molar-refractivity contribution in [3.05, 3.63) is 95.1 Å². The molecule has 0 bridgehead atoms. The van der Waals surface area contributed by atoms with Crippen LogP contribution in [-0.2, 0) is 20.0 Å². The second-order valence-corrected chi connectivity index (χ2v) is 12.5. The number of nitrogens with zero attached hydrogens (tertiary/aromatic N) is 2. The van der Waals surface area contributed by atoms with E-state index in [4.69, 9.17) is 0 Å². The van der Waals surface area contributed by atoms with Crippen molar-refractivity contribution in [2.75, 3.05) is 26.2 Å². The van der Waals surface area contributed by atoms with Gasteiger partial charge in [0.05, 0.1) is 9.79 Å². The second kappa shape index (κ2) is 13.2. The zero-order valence-electron chi connectivity index (χ0n) is 22.4. The minimum absolute atomic E-state index is 0.301. The van der Waals surface area contributed by atoms with Crippen LogP contribution in [0.4, 0.5) is 0 Å². The maximum atomic E-state index is 12.6. The van der Waals surface area contributed by atoms with Crippen LogP contribution < -0.4 is 0 Å². The Labute approximate surface area is 228 Å². The molecule has 3 aromatic rings. The molecule has 0 fully saturated rings. The molecule has 0 amide bonds. The third-order valence-corrected chi connectivity index (χ3v) is 10.4. The maximum Gasteiger partial charge on any atom is 0.243 e. The fourth-order valence-corrected chi connectivity index (χ4v) is 6.95. The third kappa shape index (κ3) is 7.08. The van der Waals surface area contributed by atoms with E-state index in [0.717, 1.165) is 22.3 Å². The van der Waals surface area contributed by atoms with Crippen molar-refractivity contribution in [1.29, 1.82) is 0 Å². The lowest BCUT2D eigenvalue weighted by Crippen LogP contribution is -2.30. The highest BCUT2D eigenvalue weighted by atomic mass is 32.2. The van der Waals surface area contributed by atoms with Crippen molar-refractivity contribution in [3.8, 4) is 0 Å². The number of rotatable bonds is 12. The van der Waals surface area contributed by atoms with Crippen LogP contribution in [0.25, 0.3) is 24.3 Å². The predicted molar refractivity (Wildman–Crippen MR) is 157 cm³/mol. The lowest BCUT2D eigenvalue weighted by atomic mass is 10.1. The summed E-state index contributed by atoms with van der Waals surface area (Å²) in [5.41, 5.74) is 3.87. The molecular formula is C30H36N2O4S2. The van der Waals surface area contributed by atoms with Crippen molar-refractivity contribution in [2.45, 2.75) is 37.5 Å². The molecule has 3 aromatic carbocycles. The highest BCUT2D eigenvalue weighted by Crippen LogP contribution is 2.19. The molecular weight excluding hydrogens is 516 g/mol. The van der Waals surface area contributed by atoms with E-state index >= 15 is 0 Å². The molecule has 0 aromatic heterocycles. The molecule has 0 N–H and O–H groups in total. The van der Waals surface area contributed by atoms with E-state index in [-0.39, 0.29) is 0 Å². The fourth-order valence-electron chi connectivity index (χ4n) is 4.03. The Kier molecular flexibility index (Phi) is 10.2. The van der Waals surface area contributed by atoms with Gasteiger partial charge in [0.2, 0.25) is 20.0 Å². The van der Waals surface area contributed by atoms with Crippen molar-refractivity contribution in [3.63, 3.8) is 0 Å². The molecule has 0 radical (unpaired) electrons. The molecule has 0 atom stereocenters. The smallest absolute Gasteiger partial charge is 0.207 e. The van der Waals surface area contributed by atoms with Crippen molar-refractivity contribution in [1.82, 2.24) is 8.61 Å². The molecule has 8 heteroatoms. The van der Waals surface area contributed by atoms with E-state index in [1.807, 2.05) is 101 Å². The third-order valence-electron chi connectivity index (χ3n) is 6.32. The second-order valence-electron chi connectivity index (χ2n) is 8.65. The summed E-state index contributed by atoms with van der Waals surface area (Å²) < 4.78 is 53.4. The topological polar surface area (TPSA) is 74.8 Å². The molecule has 0 heterocycles. The highest BCUT2D eigenvalue weighted by Gasteiger charge is 2.21. The SMILES string of the molecule is CCN(CC)S(=O)(=O)c1ccc(C=Cc2ccc(C=Cc3ccc(S(=O)(=O)N(CC)CC)cc3)cc2)cc1. The molecule has 6 nitrogen and oxygen atoms in total. The van der Waals surface area contributed by atoms with Gasteiger partial charge in [-0.25, -0.2) is 16.8 Å². The van der Waals surface area contributed by atoms with Crippen molar-refractivity contribution in [2.24, 2.45) is 0 Å². The Morgan fingerprint density at radius 1 is 0.447 bits per heavy atom. The standard InChI is InChI=1S/C30H36N2O4S2/c1-5-31(6-2)37(33,34)29-21-17-27(18-22-29)15-13-25-9-11-26(12-10-25)14-16-28-19-23-30(24-20-28)38(35,36)32(7-3)8-4/h9-24H,5-8H2,1-4H3. The number of hydrogen-bond acceptors (Lipinski definition) is 4. The lowest BCUT2D eigenvalue weighted by Gasteiger charge is -2.18. The van der Waals surface area contributed by atoms with E-state index in [1.165, 1.54) is 8.61 Å². The molecule has 0 spiro atoms. The zero-order chi connectivity index (χ0) is 27.8. The number of benzene rings is 3. The molecule has 0 saturated heterocycles. The average Bonchev–Trinajstić information content (AvgIpc) is 2.93. The van der Waals surface area contributed by atoms with Crippen LogP contribution in [0.2, 0.25) is 0 Å². The van der Waals surface area contributed by atoms with Crippen LogP contribution in [0.5, 0.6) is 0 Å². The summed E-state index contributed by atoms with van der Waals surface area (Å²) in [4.78, 5) is 0.601. The molecule has 0 aliphatic rings. The lowest BCUT2D eigenvalue weighted by molar-refractivity contribution is 0.444. The minimum atomic E-state index is -3.46. The normalized spacial score (nSPS) is 12.8. The first-order valence-electron chi connectivity index (χ1n) is 12.8. The van der Waals surface area contributed by atoms with Crippen LogP contribution in [-0.4, -0.2) is 51.6 Å². The summed E-state index contributed by atoms with van der Waals surface area (Å²) >= 11 is 0. The van der Waals surface area contributed by atoms with E-state index in [9.17, 15) is 16.8 Å². The zero-order valence-corrected chi connectivity index (χ0v) is 24.0. The Morgan fingerprint density at radius 3 is 0.868 bits per heavy atom. The van der Waals surface area contributed by atoms with Gasteiger partial charge in [0.1, 0.15) is 0 Å². The van der Waals surface area contributed by atoms with E-state index in [2.05, 4.69) is 0 Å². The van der Waals surface area contributed by atoms with E-state index in [0.29, 0.717) is 36.0 Å². The van der Waals surface area contributed by atoms with Crippen LogP contribution in [0.15, 0.2) is 82.6 Å². The quantitative estimate of drug-likeness (QED) is 0.255. The molecule has 0 saturated carbocycles. The Hall–Kier alpha value is -3.04. The summed E-state index contributed by atoms with van der Waals surface area (Å²) in [6, 6.07) is 21.9. The highest BCUT2D eigenvalue weighted by molar-refractivity contribution is 7.89. The molecule has 0 aliphatic heterocycles. The van der Waals surface area contributed by atoms with Gasteiger partial charge in [-0.1, -0.05) is 101 Å². The van der Waals surface area contributed by atoms with Gasteiger partial charge >= 0.3 is 0 Å². The van der Waals surface area contributed by atoms with Gasteiger partial charge in [-0.3, -0.25) is 0 Å². The van der Waals surface area contributed by atoms with Crippen LogP contribution >= 0.6 is 0 Å². The summed E-state index contributed by atoms with van der Waals surface area (Å²) in [7, 11) is -6.91. The molecule has 38 heavy (non-hydrogen) atoms. The van der Waals surface area contributed by atoms with Gasteiger partial charge in [0.25, 0.3) is 0 Å². The molecule has 0 unspecified atom stereocenters. The molecule has 202 valence electrons. The predicted octanol–water partition coefficient (Wildman–Crippen LogP) is 6.09. The fraction of sp³-hybridized carbons (Fsp3) is 0.267. The van der Waals surface area contributed by atoms with Crippen LogP contribution in [0.1, 0.15) is 49.9 Å². The van der Waals surface area contributed by atoms with Gasteiger partial charge in [-0.05, 0) is 46.5 Å². The Balaban J connectivity index is 1.64. The average molecular weight is 553 g/mol. The minimum Gasteiger partial charge on any atom is -0.207 e. The Morgan fingerprint density at radius 2 is 0.658 bits per heavy atom. The number of sulfonamides is 2. The summed E-state index contributed by atoms with van der Waals surface area (Å²) in [5, 5.41) is 0. The van der Waals surface area contributed by atoms with Crippen LogP contribution in [0.3, 0.4) is 0 Å². The summed E-state index contributed by atoms with van der Waals surface area (Å²) in [6.07, 6.45) is 7.87. The van der Waals surface area contributed by atoms with E-state index in [1.54, 1.807) is 24.3 Å². The van der Waals surface area contributed by atoms with Crippen LogP contribution in [0, 0.1) is 0 Å². The summed E-state index contributed by atoms with van der Waals surface area (Å²) in [5.74, 6) is 0. The Bertz CT molecular complexity index is 1340. The van der Waals surface area contributed by atoms with Crippen molar-refractivity contribution >= 4 is 44.4 Å². The van der Waals surface area contributed by atoms with E-state index < -0.39 is 20.0 Å². The summed E-state index contributed by atoms with van der Waals surface area (Å²) in [6.45, 7) is 9.11. The first kappa shape index (κ1) is 29.5. The maximum absolute atomic E-state index is 12.6. The van der Waals surface area contributed by atoms with Gasteiger partial charge < -0.3 is 0 Å².